The monoisotopic (exact) mass is 118 g/mol. The number of aliphatic hydroxyl groups excluding tert-OH is 2. The summed E-state index contributed by atoms with van der Waals surface area (Å²) in [6.07, 6.45) is -0.105. The molecular weight excluding hydrogens is 108 g/mol. The molecule has 0 amide bonds. The van der Waals surface area contributed by atoms with Gasteiger partial charge in [-0.3, -0.25) is 0 Å². The Morgan fingerprint density at radius 1 is 1.38 bits per heavy atom. The predicted molar refractivity (Wildman–Crippen MR) is 27.2 cm³/mol. The van der Waals surface area contributed by atoms with Gasteiger partial charge < -0.3 is 14.9 Å². The zero-order chi connectivity index (χ0) is 5.98. The van der Waals surface area contributed by atoms with Crippen molar-refractivity contribution < 1.29 is 14.9 Å². The molecule has 2 atom stereocenters. The average molecular weight is 118 g/mol. The first-order valence-electron chi connectivity index (χ1n) is 2.78. The summed E-state index contributed by atoms with van der Waals surface area (Å²) in [5.74, 6) is 0. The maximum atomic E-state index is 8.80. The van der Waals surface area contributed by atoms with Gasteiger partial charge in [-0.25, -0.2) is 0 Å². The van der Waals surface area contributed by atoms with E-state index >= 15 is 0 Å². The Labute approximate surface area is 47.9 Å². The first-order chi connectivity index (χ1) is 3.80. The van der Waals surface area contributed by atoms with E-state index in [0.717, 1.165) is 6.42 Å². The van der Waals surface area contributed by atoms with Gasteiger partial charge in [0.15, 0.2) is 6.29 Å². The van der Waals surface area contributed by atoms with Gasteiger partial charge in [0, 0.05) is 6.61 Å². The molecule has 1 saturated heterocycles. The van der Waals surface area contributed by atoms with Crippen LogP contribution in [0.5, 0.6) is 0 Å². The maximum Gasteiger partial charge on any atom is 0.180 e. The molecule has 2 unspecified atom stereocenters. The molecule has 1 fully saturated rings. The van der Waals surface area contributed by atoms with Crippen LogP contribution in [0.1, 0.15) is 12.8 Å². The van der Waals surface area contributed by atoms with E-state index in [1.165, 1.54) is 0 Å². The lowest BCUT2D eigenvalue weighted by atomic mass is 10.1. The minimum absolute atomic E-state index is 0.568. The molecule has 0 aliphatic carbocycles. The molecule has 8 heavy (non-hydrogen) atoms. The van der Waals surface area contributed by atoms with Gasteiger partial charge in [-0.15, -0.1) is 0 Å². The van der Waals surface area contributed by atoms with Crippen LogP contribution in [0.3, 0.4) is 0 Å². The molecule has 3 heteroatoms. The summed E-state index contributed by atoms with van der Waals surface area (Å²) in [6, 6.07) is 0. The first kappa shape index (κ1) is 6.01. The predicted octanol–water partition coefficient (Wildman–Crippen LogP) is -0.524. The minimum Gasteiger partial charge on any atom is -0.388 e. The summed E-state index contributed by atoms with van der Waals surface area (Å²) in [5.41, 5.74) is 0. The Hall–Kier alpha value is -0.120. The Bertz CT molecular complexity index is 64.1. The molecule has 1 aliphatic rings. The van der Waals surface area contributed by atoms with Gasteiger partial charge in [-0.05, 0) is 12.8 Å². The largest absolute Gasteiger partial charge is 0.388 e. The molecule has 0 aromatic heterocycles. The molecule has 1 aliphatic heterocycles. The van der Waals surface area contributed by atoms with Crippen molar-refractivity contribution >= 4 is 0 Å². The third-order valence-electron chi connectivity index (χ3n) is 1.26. The first-order valence-corrected chi connectivity index (χ1v) is 2.78. The van der Waals surface area contributed by atoms with Crippen LogP contribution in [0.2, 0.25) is 0 Å². The van der Waals surface area contributed by atoms with Crippen molar-refractivity contribution in [3.8, 4) is 0 Å². The third kappa shape index (κ3) is 1.18. The summed E-state index contributed by atoms with van der Waals surface area (Å²) in [7, 11) is 0. The van der Waals surface area contributed by atoms with Crippen molar-refractivity contribution in [3.05, 3.63) is 0 Å². The van der Waals surface area contributed by atoms with Crippen LogP contribution in [0, 0.1) is 0 Å². The van der Waals surface area contributed by atoms with Crippen LogP contribution in [-0.4, -0.2) is 29.2 Å². The normalized spacial score (nSPS) is 39.8. The second-order valence-corrected chi connectivity index (χ2v) is 1.97. The molecule has 0 bridgehead atoms. The zero-order valence-electron chi connectivity index (χ0n) is 4.58. The Morgan fingerprint density at radius 3 is 2.50 bits per heavy atom. The fourth-order valence-electron chi connectivity index (χ4n) is 0.750. The van der Waals surface area contributed by atoms with E-state index in [-0.39, 0.29) is 0 Å². The lowest BCUT2D eigenvalue weighted by Crippen LogP contribution is -2.33. The second-order valence-electron chi connectivity index (χ2n) is 1.97. The highest BCUT2D eigenvalue weighted by atomic mass is 16.6. The van der Waals surface area contributed by atoms with Crippen molar-refractivity contribution in [2.24, 2.45) is 0 Å². The number of rotatable bonds is 0. The highest BCUT2D eigenvalue weighted by Crippen LogP contribution is 2.10. The quantitative estimate of drug-likeness (QED) is 0.450. The van der Waals surface area contributed by atoms with Crippen LogP contribution < -0.4 is 0 Å². The van der Waals surface area contributed by atoms with Crippen LogP contribution >= 0.6 is 0 Å². The van der Waals surface area contributed by atoms with Gasteiger partial charge in [0.05, 0.1) is 0 Å². The highest BCUT2D eigenvalue weighted by molar-refractivity contribution is 4.62. The fourth-order valence-corrected chi connectivity index (χ4v) is 0.750. The molecule has 1 heterocycles. The smallest absolute Gasteiger partial charge is 0.180 e. The van der Waals surface area contributed by atoms with Crippen LogP contribution in [0.15, 0.2) is 0 Å². The van der Waals surface area contributed by atoms with Crippen molar-refractivity contribution in [1.82, 2.24) is 0 Å². The number of hydrogen-bond acceptors (Lipinski definition) is 3. The molecule has 0 spiro atoms. The van der Waals surface area contributed by atoms with Crippen molar-refractivity contribution in [2.45, 2.75) is 25.2 Å². The third-order valence-corrected chi connectivity index (χ3v) is 1.26. The van der Waals surface area contributed by atoms with E-state index in [0.29, 0.717) is 13.0 Å². The number of hydrogen-bond donors (Lipinski definition) is 2. The molecule has 0 saturated carbocycles. The number of aliphatic hydroxyl groups is 2. The summed E-state index contributed by atoms with van der Waals surface area (Å²) in [4.78, 5) is 0. The van der Waals surface area contributed by atoms with Gasteiger partial charge in [0.1, 0.15) is 6.10 Å². The topological polar surface area (TPSA) is 49.7 Å². The van der Waals surface area contributed by atoms with E-state index in [1.807, 2.05) is 0 Å². The van der Waals surface area contributed by atoms with Gasteiger partial charge >= 0.3 is 0 Å². The van der Waals surface area contributed by atoms with Crippen molar-refractivity contribution in [2.75, 3.05) is 6.61 Å². The Morgan fingerprint density at radius 2 is 2.12 bits per heavy atom. The average Bonchev–Trinajstić information content (AvgIpc) is 1.77. The van der Waals surface area contributed by atoms with Gasteiger partial charge in [0.25, 0.3) is 0 Å². The van der Waals surface area contributed by atoms with E-state index < -0.39 is 12.4 Å². The Balaban J connectivity index is 2.28. The molecule has 0 aromatic rings. The minimum atomic E-state index is -0.941. The van der Waals surface area contributed by atoms with Crippen molar-refractivity contribution in [3.63, 3.8) is 0 Å². The molecule has 1 rings (SSSR count). The molecule has 2 N–H and O–H groups in total. The second kappa shape index (κ2) is 2.44. The zero-order valence-corrected chi connectivity index (χ0v) is 4.58. The lowest BCUT2D eigenvalue weighted by Gasteiger charge is -2.22. The molecule has 0 radical (unpaired) electrons. The summed E-state index contributed by atoms with van der Waals surface area (Å²) >= 11 is 0. The molecule has 3 nitrogen and oxygen atoms in total. The lowest BCUT2D eigenvalue weighted by molar-refractivity contribution is -0.185. The van der Waals surface area contributed by atoms with Crippen LogP contribution in [0.4, 0.5) is 0 Å². The van der Waals surface area contributed by atoms with E-state index in [2.05, 4.69) is 0 Å². The molecule has 0 aromatic carbocycles. The van der Waals surface area contributed by atoms with Crippen molar-refractivity contribution in [1.29, 1.82) is 0 Å². The summed E-state index contributed by atoms with van der Waals surface area (Å²) < 4.78 is 4.70. The van der Waals surface area contributed by atoms with E-state index in [9.17, 15) is 0 Å². The van der Waals surface area contributed by atoms with Gasteiger partial charge in [-0.2, -0.15) is 0 Å². The summed E-state index contributed by atoms with van der Waals surface area (Å²) in [6.45, 7) is 0.568. The standard InChI is InChI=1S/C5H10O3/c6-4-2-1-3-8-5(4)7/h4-7H,1-3H2. The SMILES string of the molecule is OC1CCCOC1O. The Kier molecular flexibility index (Phi) is 1.83. The highest BCUT2D eigenvalue weighted by Gasteiger charge is 2.20. The molecule has 48 valence electrons. The fraction of sp³-hybridized carbons (Fsp3) is 1.00. The van der Waals surface area contributed by atoms with E-state index in [1.54, 1.807) is 0 Å². The van der Waals surface area contributed by atoms with Crippen LogP contribution in [-0.2, 0) is 4.74 Å². The van der Waals surface area contributed by atoms with Crippen LogP contribution in [0.25, 0.3) is 0 Å². The number of ether oxygens (including phenoxy) is 1. The summed E-state index contributed by atoms with van der Waals surface area (Å²) in [5, 5.41) is 17.5. The van der Waals surface area contributed by atoms with Gasteiger partial charge in [0.2, 0.25) is 0 Å². The van der Waals surface area contributed by atoms with E-state index in [4.69, 9.17) is 14.9 Å². The molecular formula is C5H10O3. The van der Waals surface area contributed by atoms with Gasteiger partial charge in [-0.1, -0.05) is 0 Å². The maximum absolute atomic E-state index is 8.80.